The summed E-state index contributed by atoms with van der Waals surface area (Å²) in [5, 5.41) is 6.09. The van der Waals surface area contributed by atoms with Gasteiger partial charge in [0.2, 0.25) is 5.88 Å². The van der Waals surface area contributed by atoms with Crippen molar-refractivity contribution < 1.29 is 9.53 Å². The Labute approximate surface area is 124 Å². The molecule has 2 rings (SSSR count). The number of ether oxygens (including phenoxy) is 1. The Bertz CT molecular complexity index is 626. The first-order valence-electron chi connectivity index (χ1n) is 6.77. The lowest BCUT2D eigenvalue weighted by Crippen LogP contribution is -2.18. The Hall–Kier alpha value is -2.56. The van der Waals surface area contributed by atoms with Crippen LogP contribution in [-0.4, -0.2) is 24.0 Å². The lowest BCUT2D eigenvalue weighted by molar-refractivity contribution is 0.102. The normalized spacial score (nSPS) is 10.3. The third-order valence-electron chi connectivity index (χ3n) is 2.83. The zero-order chi connectivity index (χ0) is 15.2. The number of amides is 1. The molecule has 0 spiro atoms. The number of methoxy groups -OCH3 is 1. The standard InChI is InChI=1S/C16H19N3O2/c1-11(2)18-13-8-5-4-7-12(13)15(20)19-14-9-6-10-17-16(14)21-3/h4-11,18H,1-3H3,(H,19,20). The molecule has 110 valence electrons. The Morgan fingerprint density at radius 2 is 1.86 bits per heavy atom. The van der Waals surface area contributed by atoms with Crippen molar-refractivity contribution in [2.45, 2.75) is 19.9 Å². The first-order valence-corrected chi connectivity index (χ1v) is 6.77. The number of anilines is 2. The van der Waals surface area contributed by atoms with Gasteiger partial charge < -0.3 is 15.4 Å². The van der Waals surface area contributed by atoms with Crippen LogP contribution < -0.4 is 15.4 Å². The smallest absolute Gasteiger partial charge is 0.257 e. The van der Waals surface area contributed by atoms with Gasteiger partial charge in [0.1, 0.15) is 5.69 Å². The summed E-state index contributed by atoms with van der Waals surface area (Å²) in [5.74, 6) is 0.185. The van der Waals surface area contributed by atoms with Crippen molar-refractivity contribution in [3.8, 4) is 5.88 Å². The van der Waals surface area contributed by atoms with Crippen LogP contribution in [0.3, 0.4) is 0 Å². The minimum atomic E-state index is -0.204. The van der Waals surface area contributed by atoms with Crippen LogP contribution in [0, 0.1) is 0 Å². The average Bonchev–Trinajstić information content (AvgIpc) is 2.47. The second kappa shape index (κ2) is 6.74. The number of carbonyl (C=O) groups excluding carboxylic acids is 1. The fraction of sp³-hybridized carbons (Fsp3) is 0.250. The van der Waals surface area contributed by atoms with E-state index in [1.165, 1.54) is 7.11 Å². The second-order valence-corrected chi connectivity index (χ2v) is 4.86. The van der Waals surface area contributed by atoms with Crippen LogP contribution in [0.1, 0.15) is 24.2 Å². The number of aromatic nitrogens is 1. The summed E-state index contributed by atoms with van der Waals surface area (Å²) in [6, 6.07) is 11.1. The molecule has 2 N–H and O–H groups in total. The molecule has 0 fully saturated rings. The number of hydrogen-bond donors (Lipinski definition) is 2. The third-order valence-corrected chi connectivity index (χ3v) is 2.83. The number of rotatable bonds is 5. The van der Waals surface area contributed by atoms with Crippen LogP contribution in [0.2, 0.25) is 0 Å². The number of nitrogens with zero attached hydrogens (tertiary/aromatic N) is 1. The number of nitrogens with one attached hydrogen (secondary N) is 2. The van der Waals surface area contributed by atoms with Crippen molar-refractivity contribution >= 4 is 17.3 Å². The van der Waals surface area contributed by atoms with Gasteiger partial charge in [-0.1, -0.05) is 12.1 Å². The van der Waals surface area contributed by atoms with E-state index in [0.717, 1.165) is 5.69 Å². The van der Waals surface area contributed by atoms with Crippen LogP contribution in [0.25, 0.3) is 0 Å². The molecule has 0 aliphatic heterocycles. The van der Waals surface area contributed by atoms with Crippen molar-refractivity contribution in [3.05, 3.63) is 48.2 Å². The van der Waals surface area contributed by atoms with Crippen molar-refractivity contribution in [1.82, 2.24) is 4.98 Å². The Morgan fingerprint density at radius 1 is 1.14 bits per heavy atom. The molecule has 2 aromatic rings. The van der Waals surface area contributed by atoms with Crippen molar-refractivity contribution in [3.63, 3.8) is 0 Å². The summed E-state index contributed by atoms with van der Waals surface area (Å²) in [4.78, 5) is 16.5. The van der Waals surface area contributed by atoms with Crippen LogP contribution in [0.5, 0.6) is 5.88 Å². The summed E-state index contributed by atoms with van der Waals surface area (Å²) in [7, 11) is 1.52. The molecule has 1 amide bonds. The molecule has 21 heavy (non-hydrogen) atoms. The highest BCUT2D eigenvalue weighted by Crippen LogP contribution is 2.23. The minimum absolute atomic E-state index is 0.204. The molecule has 0 radical (unpaired) electrons. The van der Waals surface area contributed by atoms with E-state index in [9.17, 15) is 4.79 Å². The number of para-hydroxylation sites is 1. The highest BCUT2D eigenvalue weighted by Gasteiger charge is 2.14. The van der Waals surface area contributed by atoms with E-state index >= 15 is 0 Å². The topological polar surface area (TPSA) is 63.2 Å². The Balaban J connectivity index is 2.24. The maximum absolute atomic E-state index is 12.5. The summed E-state index contributed by atoms with van der Waals surface area (Å²) in [5.41, 5.74) is 1.93. The molecular weight excluding hydrogens is 266 g/mol. The maximum atomic E-state index is 12.5. The zero-order valence-corrected chi connectivity index (χ0v) is 12.4. The fourth-order valence-electron chi connectivity index (χ4n) is 1.96. The van der Waals surface area contributed by atoms with Gasteiger partial charge in [0.05, 0.1) is 12.7 Å². The predicted octanol–water partition coefficient (Wildman–Crippen LogP) is 3.16. The predicted molar refractivity (Wildman–Crippen MR) is 83.9 cm³/mol. The highest BCUT2D eigenvalue weighted by molar-refractivity contribution is 6.08. The second-order valence-electron chi connectivity index (χ2n) is 4.86. The van der Waals surface area contributed by atoms with Gasteiger partial charge in [-0.05, 0) is 38.1 Å². The molecule has 0 aliphatic carbocycles. The molecule has 0 unspecified atom stereocenters. The SMILES string of the molecule is COc1ncccc1NC(=O)c1ccccc1NC(C)C. The number of hydrogen-bond acceptors (Lipinski definition) is 4. The van der Waals surface area contributed by atoms with E-state index in [0.29, 0.717) is 17.1 Å². The van der Waals surface area contributed by atoms with E-state index in [-0.39, 0.29) is 11.9 Å². The van der Waals surface area contributed by atoms with Crippen molar-refractivity contribution in [1.29, 1.82) is 0 Å². The molecule has 5 nitrogen and oxygen atoms in total. The molecule has 0 saturated carbocycles. The largest absolute Gasteiger partial charge is 0.480 e. The number of carbonyl (C=O) groups is 1. The van der Waals surface area contributed by atoms with Gasteiger partial charge in [-0.15, -0.1) is 0 Å². The number of pyridine rings is 1. The van der Waals surface area contributed by atoms with Crippen molar-refractivity contribution in [2.75, 3.05) is 17.7 Å². The van der Waals surface area contributed by atoms with E-state index in [2.05, 4.69) is 15.6 Å². The van der Waals surface area contributed by atoms with Crippen LogP contribution in [0.15, 0.2) is 42.6 Å². The van der Waals surface area contributed by atoms with Gasteiger partial charge in [0.25, 0.3) is 5.91 Å². The van der Waals surface area contributed by atoms with E-state index < -0.39 is 0 Å². The lowest BCUT2D eigenvalue weighted by atomic mass is 10.1. The van der Waals surface area contributed by atoms with Crippen molar-refractivity contribution in [2.24, 2.45) is 0 Å². The van der Waals surface area contributed by atoms with Crippen LogP contribution in [0.4, 0.5) is 11.4 Å². The first kappa shape index (κ1) is 14.8. The van der Waals surface area contributed by atoms with E-state index in [1.54, 1.807) is 24.4 Å². The van der Waals surface area contributed by atoms with Gasteiger partial charge in [0, 0.05) is 17.9 Å². The summed E-state index contributed by atoms with van der Waals surface area (Å²) in [6.45, 7) is 4.05. The van der Waals surface area contributed by atoms with Gasteiger partial charge in [-0.25, -0.2) is 4.98 Å². The molecule has 0 bridgehead atoms. The minimum Gasteiger partial charge on any atom is -0.480 e. The number of benzene rings is 1. The molecule has 5 heteroatoms. The Kier molecular flexibility index (Phi) is 4.77. The molecule has 0 saturated heterocycles. The van der Waals surface area contributed by atoms with Gasteiger partial charge in [0.15, 0.2) is 0 Å². The highest BCUT2D eigenvalue weighted by atomic mass is 16.5. The molecule has 1 heterocycles. The molecule has 0 atom stereocenters. The third kappa shape index (κ3) is 3.72. The fourth-order valence-corrected chi connectivity index (χ4v) is 1.96. The molecular formula is C16H19N3O2. The molecule has 1 aromatic heterocycles. The lowest BCUT2D eigenvalue weighted by Gasteiger charge is -2.15. The maximum Gasteiger partial charge on any atom is 0.257 e. The van der Waals surface area contributed by atoms with Crippen LogP contribution >= 0.6 is 0 Å². The molecule has 1 aromatic carbocycles. The van der Waals surface area contributed by atoms with Gasteiger partial charge >= 0.3 is 0 Å². The molecule has 0 aliphatic rings. The summed E-state index contributed by atoms with van der Waals surface area (Å²) >= 11 is 0. The Morgan fingerprint density at radius 3 is 2.57 bits per heavy atom. The van der Waals surface area contributed by atoms with Crippen LogP contribution in [-0.2, 0) is 0 Å². The van der Waals surface area contributed by atoms with Gasteiger partial charge in [-0.2, -0.15) is 0 Å². The monoisotopic (exact) mass is 285 g/mol. The van der Waals surface area contributed by atoms with E-state index in [1.807, 2.05) is 32.0 Å². The van der Waals surface area contributed by atoms with Gasteiger partial charge in [-0.3, -0.25) is 4.79 Å². The van der Waals surface area contributed by atoms with E-state index in [4.69, 9.17) is 4.74 Å². The summed E-state index contributed by atoms with van der Waals surface area (Å²) in [6.07, 6.45) is 1.61. The summed E-state index contributed by atoms with van der Waals surface area (Å²) < 4.78 is 5.14. The average molecular weight is 285 g/mol. The quantitative estimate of drug-likeness (QED) is 0.885. The first-order chi connectivity index (χ1) is 10.1. The zero-order valence-electron chi connectivity index (χ0n) is 12.4.